The summed E-state index contributed by atoms with van der Waals surface area (Å²) in [7, 11) is 0. The van der Waals surface area contributed by atoms with Gasteiger partial charge < -0.3 is 14.7 Å². The van der Waals surface area contributed by atoms with E-state index in [1.165, 1.54) is 0 Å². The van der Waals surface area contributed by atoms with Crippen molar-refractivity contribution >= 4 is 0 Å². The summed E-state index contributed by atoms with van der Waals surface area (Å²) in [5, 5.41) is 9.93. The molecule has 96 valence electrons. The molecule has 0 bridgehead atoms. The fraction of sp³-hybridized carbons (Fsp3) is 1.00. The van der Waals surface area contributed by atoms with E-state index >= 15 is 0 Å². The maximum Gasteiger partial charge on any atom is 0.0624 e. The molecule has 0 saturated carbocycles. The largest absolute Gasteiger partial charge is 0.393 e. The van der Waals surface area contributed by atoms with Crippen LogP contribution < -0.4 is 0 Å². The summed E-state index contributed by atoms with van der Waals surface area (Å²) in [5.41, 5.74) is 0. The fourth-order valence-electron chi connectivity index (χ4n) is 2.23. The second-order valence-electron chi connectivity index (χ2n) is 5.63. The Bertz CT molecular complexity index is 194. The van der Waals surface area contributed by atoms with E-state index in [1.807, 2.05) is 0 Å². The highest BCUT2D eigenvalue weighted by Gasteiger charge is 2.26. The first-order chi connectivity index (χ1) is 7.50. The molecule has 2 unspecified atom stereocenters. The third kappa shape index (κ3) is 4.40. The van der Waals surface area contributed by atoms with E-state index in [4.69, 9.17) is 4.74 Å². The van der Waals surface area contributed by atoms with E-state index in [1.54, 1.807) is 0 Å². The average molecular weight is 229 g/mol. The molecular formula is C13H27NO2. The molecule has 0 aromatic heterocycles. The normalized spacial score (nSPS) is 27.0. The Morgan fingerprint density at radius 2 is 2.00 bits per heavy atom. The number of aliphatic hydroxyl groups excluding tert-OH is 1. The number of rotatable bonds is 5. The summed E-state index contributed by atoms with van der Waals surface area (Å²) in [5.74, 6) is 0.957. The Kier molecular flexibility index (Phi) is 5.73. The van der Waals surface area contributed by atoms with Crippen molar-refractivity contribution in [2.75, 3.05) is 26.3 Å². The highest BCUT2D eigenvalue weighted by molar-refractivity contribution is 4.78. The van der Waals surface area contributed by atoms with Crippen molar-refractivity contribution in [3.8, 4) is 0 Å². The SMILES string of the molecule is CC(C)CN(CC1COCCC1O)C(C)C. The van der Waals surface area contributed by atoms with E-state index in [-0.39, 0.29) is 12.0 Å². The minimum Gasteiger partial charge on any atom is -0.393 e. The van der Waals surface area contributed by atoms with Crippen LogP contribution in [0.5, 0.6) is 0 Å². The molecule has 1 aliphatic heterocycles. The van der Waals surface area contributed by atoms with Crippen molar-refractivity contribution in [3.63, 3.8) is 0 Å². The quantitative estimate of drug-likeness (QED) is 0.779. The lowest BCUT2D eigenvalue weighted by Gasteiger charge is -2.35. The van der Waals surface area contributed by atoms with Crippen LogP contribution in [-0.4, -0.2) is 48.5 Å². The van der Waals surface area contributed by atoms with Gasteiger partial charge in [-0.2, -0.15) is 0 Å². The molecule has 2 atom stereocenters. The summed E-state index contributed by atoms with van der Waals surface area (Å²) in [4.78, 5) is 2.45. The fourth-order valence-corrected chi connectivity index (χ4v) is 2.23. The number of nitrogens with zero attached hydrogens (tertiary/aromatic N) is 1. The van der Waals surface area contributed by atoms with Gasteiger partial charge in [-0.3, -0.25) is 0 Å². The molecule has 0 radical (unpaired) electrons. The van der Waals surface area contributed by atoms with E-state index in [2.05, 4.69) is 32.6 Å². The molecule has 1 rings (SSSR count). The van der Waals surface area contributed by atoms with Crippen LogP contribution in [0.2, 0.25) is 0 Å². The molecule has 1 aliphatic rings. The summed E-state index contributed by atoms with van der Waals surface area (Å²) < 4.78 is 5.45. The molecule has 0 aliphatic carbocycles. The van der Waals surface area contributed by atoms with Crippen LogP contribution in [0, 0.1) is 11.8 Å². The average Bonchev–Trinajstić information content (AvgIpc) is 2.19. The maximum atomic E-state index is 9.93. The molecule has 3 heteroatoms. The van der Waals surface area contributed by atoms with Gasteiger partial charge in [-0.25, -0.2) is 0 Å². The zero-order chi connectivity index (χ0) is 12.1. The second-order valence-corrected chi connectivity index (χ2v) is 5.63. The topological polar surface area (TPSA) is 32.7 Å². The van der Waals surface area contributed by atoms with Gasteiger partial charge in [-0.1, -0.05) is 13.8 Å². The van der Waals surface area contributed by atoms with Crippen molar-refractivity contribution in [2.45, 2.75) is 46.3 Å². The van der Waals surface area contributed by atoms with Crippen LogP contribution >= 0.6 is 0 Å². The van der Waals surface area contributed by atoms with Crippen LogP contribution in [0.4, 0.5) is 0 Å². The third-order valence-corrected chi connectivity index (χ3v) is 3.23. The van der Waals surface area contributed by atoms with E-state index in [0.29, 0.717) is 25.2 Å². The summed E-state index contributed by atoms with van der Waals surface area (Å²) in [6, 6.07) is 0.538. The summed E-state index contributed by atoms with van der Waals surface area (Å²) in [6.07, 6.45) is 0.611. The molecule has 3 nitrogen and oxygen atoms in total. The Morgan fingerprint density at radius 1 is 1.31 bits per heavy atom. The van der Waals surface area contributed by atoms with Gasteiger partial charge in [0, 0.05) is 31.7 Å². The lowest BCUT2D eigenvalue weighted by Crippen LogP contribution is -2.44. The first-order valence-corrected chi connectivity index (χ1v) is 6.50. The van der Waals surface area contributed by atoms with Gasteiger partial charge in [0.15, 0.2) is 0 Å². The molecular weight excluding hydrogens is 202 g/mol. The number of hydrogen-bond donors (Lipinski definition) is 1. The molecule has 1 saturated heterocycles. The monoisotopic (exact) mass is 229 g/mol. The minimum atomic E-state index is -0.179. The maximum absolute atomic E-state index is 9.93. The van der Waals surface area contributed by atoms with Crippen molar-refractivity contribution in [2.24, 2.45) is 11.8 Å². The van der Waals surface area contributed by atoms with Gasteiger partial charge in [-0.05, 0) is 26.2 Å². The van der Waals surface area contributed by atoms with Gasteiger partial charge in [0.05, 0.1) is 12.7 Å². The number of ether oxygens (including phenoxy) is 1. The van der Waals surface area contributed by atoms with Gasteiger partial charge >= 0.3 is 0 Å². The molecule has 1 heterocycles. The molecule has 0 spiro atoms. The lowest BCUT2D eigenvalue weighted by molar-refractivity contribution is -0.0503. The standard InChI is InChI=1S/C13H27NO2/c1-10(2)7-14(11(3)4)8-12-9-16-6-5-13(12)15/h10-13,15H,5-9H2,1-4H3. The van der Waals surface area contributed by atoms with Crippen LogP contribution in [0.25, 0.3) is 0 Å². The van der Waals surface area contributed by atoms with Crippen molar-refractivity contribution < 1.29 is 9.84 Å². The predicted molar refractivity (Wildman–Crippen MR) is 66.5 cm³/mol. The first kappa shape index (κ1) is 13.9. The first-order valence-electron chi connectivity index (χ1n) is 6.50. The molecule has 1 fully saturated rings. The van der Waals surface area contributed by atoms with Crippen LogP contribution in [-0.2, 0) is 4.74 Å². The second kappa shape index (κ2) is 6.58. The van der Waals surface area contributed by atoms with Crippen molar-refractivity contribution in [1.29, 1.82) is 0 Å². The smallest absolute Gasteiger partial charge is 0.0624 e. The van der Waals surface area contributed by atoms with E-state index in [9.17, 15) is 5.11 Å². The highest BCUT2D eigenvalue weighted by atomic mass is 16.5. The summed E-state index contributed by atoms with van der Waals surface area (Å²) in [6.45, 7) is 12.4. The van der Waals surface area contributed by atoms with E-state index in [0.717, 1.165) is 19.5 Å². The zero-order valence-corrected chi connectivity index (χ0v) is 11.1. The molecule has 0 amide bonds. The van der Waals surface area contributed by atoms with Crippen LogP contribution in [0.3, 0.4) is 0 Å². The molecule has 1 N–H and O–H groups in total. The van der Waals surface area contributed by atoms with Crippen LogP contribution in [0.1, 0.15) is 34.1 Å². The van der Waals surface area contributed by atoms with Gasteiger partial charge in [0.25, 0.3) is 0 Å². The number of aliphatic hydroxyl groups is 1. The predicted octanol–water partition coefficient (Wildman–Crippen LogP) is 1.75. The highest BCUT2D eigenvalue weighted by Crippen LogP contribution is 2.18. The molecule has 0 aromatic carbocycles. The Hall–Kier alpha value is -0.120. The number of hydrogen-bond acceptors (Lipinski definition) is 3. The Balaban J connectivity index is 2.46. The lowest BCUT2D eigenvalue weighted by atomic mass is 9.97. The van der Waals surface area contributed by atoms with Crippen LogP contribution in [0.15, 0.2) is 0 Å². The molecule has 16 heavy (non-hydrogen) atoms. The Labute approximate surface area is 99.8 Å². The zero-order valence-electron chi connectivity index (χ0n) is 11.1. The van der Waals surface area contributed by atoms with Gasteiger partial charge in [-0.15, -0.1) is 0 Å². The molecule has 0 aromatic rings. The summed E-state index contributed by atoms with van der Waals surface area (Å²) >= 11 is 0. The minimum absolute atomic E-state index is 0.179. The van der Waals surface area contributed by atoms with Gasteiger partial charge in [0.1, 0.15) is 0 Å². The Morgan fingerprint density at radius 3 is 2.50 bits per heavy atom. The van der Waals surface area contributed by atoms with Gasteiger partial charge in [0.2, 0.25) is 0 Å². The van der Waals surface area contributed by atoms with E-state index < -0.39 is 0 Å². The van der Waals surface area contributed by atoms with Crippen molar-refractivity contribution in [1.82, 2.24) is 4.90 Å². The van der Waals surface area contributed by atoms with Crippen molar-refractivity contribution in [3.05, 3.63) is 0 Å². The third-order valence-electron chi connectivity index (χ3n) is 3.23.